The molecule has 1 atom stereocenters. The smallest absolute Gasteiger partial charge is 0.321 e. The Hall–Kier alpha value is -2.97. The van der Waals surface area contributed by atoms with E-state index < -0.39 is 13.7 Å². The van der Waals surface area contributed by atoms with Gasteiger partial charge in [0.1, 0.15) is 6.10 Å². The van der Waals surface area contributed by atoms with E-state index in [9.17, 15) is 9.46 Å². The van der Waals surface area contributed by atoms with Gasteiger partial charge in [-0.2, -0.15) is 0 Å². The summed E-state index contributed by atoms with van der Waals surface area (Å²) in [4.78, 5) is 10.8. The summed E-state index contributed by atoms with van der Waals surface area (Å²) in [6, 6.07) is 32.7. The molecule has 3 nitrogen and oxygen atoms in total. The molecule has 0 fully saturated rings. The number of fused-ring (bicyclic) bond motifs is 3. The molecule has 0 heterocycles. The van der Waals surface area contributed by atoms with Crippen LogP contribution in [0.15, 0.2) is 103 Å². The van der Waals surface area contributed by atoms with E-state index in [4.69, 9.17) is 4.52 Å². The van der Waals surface area contributed by atoms with Gasteiger partial charge in [-0.25, -0.2) is 0 Å². The Morgan fingerprint density at radius 3 is 1.69 bits per heavy atom. The van der Waals surface area contributed by atoms with E-state index in [1.165, 1.54) is 0 Å². The van der Waals surface area contributed by atoms with Gasteiger partial charge < -0.3 is 4.89 Å². The third-order valence-electron chi connectivity index (χ3n) is 5.33. The Morgan fingerprint density at radius 1 is 0.621 bits per heavy atom. The SMILES string of the molecule is O=P(O)(OC1c2ccccc2-c2ccccc21)c1ccc(-c2ccccc2)cc1. The topological polar surface area (TPSA) is 46.5 Å². The number of hydrogen-bond donors (Lipinski definition) is 1. The number of hydrogen-bond acceptors (Lipinski definition) is 2. The summed E-state index contributed by atoms with van der Waals surface area (Å²) in [7, 11) is -4.02. The van der Waals surface area contributed by atoms with Gasteiger partial charge in [0.15, 0.2) is 0 Å². The zero-order valence-electron chi connectivity index (χ0n) is 15.6. The lowest BCUT2D eigenvalue weighted by atomic mass is 10.1. The van der Waals surface area contributed by atoms with Crippen molar-refractivity contribution in [3.63, 3.8) is 0 Å². The molecule has 1 N–H and O–H groups in total. The highest BCUT2D eigenvalue weighted by Crippen LogP contribution is 2.53. The van der Waals surface area contributed by atoms with Gasteiger partial charge in [0.2, 0.25) is 0 Å². The maximum absolute atomic E-state index is 13.2. The summed E-state index contributed by atoms with van der Waals surface area (Å²) < 4.78 is 19.1. The molecule has 0 spiro atoms. The van der Waals surface area contributed by atoms with E-state index >= 15 is 0 Å². The van der Waals surface area contributed by atoms with E-state index in [0.717, 1.165) is 33.4 Å². The molecule has 0 saturated heterocycles. The molecule has 5 rings (SSSR count). The molecule has 0 aromatic heterocycles. The van der Waals surface area contributed by atoms with E-state index in [-0.39, 0.29) is 0 Å². The minimum Gasteiger partial charge on any atom is -0.321 e. The Kier molecular flexibility index (Phi) is 4.44. The summed E-state index contributed by atoms with van der Waals surface area (Å²) in [6.07, 6.45) is -0.563. The molecule has 4 aromatic rings. The first-order valence-electron chi connectivity index (χ1n) is 9.49. The lowest BCUT2D eigenvalue weighted by Crippen LogP contribution is -2.10. The molecule has 29 heavy (non-hydrogen) atoms. The second-order valence-corrected chi connectivity index (χ2v) is 8.86. The summed E-state index contributed by atoms with van der Waals surface area (Å²) in [5.41, 5.74) is 5.99. The average Bonchev–Trinajstić information content (AvgIpc) is 3.08. The summed E-state index contributed by atoms with van der Waals surface area (Å²) in [5, 5.41) is 0.291. The third kappa shape index (κ3) is 3.24. The molecule has 0 amide bonds. The monoisotopic (exact) mass is 398 g/mol. The van der Waals surface area contributed by atoms with Crippen LogP contribution < -0.4 is 5.30 Å². The zero-order chi connectivity index (χ0) is 19.8. The Bertz CT molecular complexity index is 1170. The minimum absolute atomic E-state index is 0.291. The third-order valence-corrected chi connectivity index (χ3v) is 6.77. The van der Waals surface area contributed by atoms with Gasteiger partial charge in [-0.05, 0) is 45.5 Å². The maximum Gasteiger partial charge on any atom is 0.359 e. The van der Waals surface area contributed by atoms with Crippen molar-refractivity contribution in [3.05, 3.63) is 114 Å². The largest absolute Gasteiger partial charge is 0.359 e. The van der Waals surface area contributed by atoms with E-state index in [1.807, 2.05) is 91.0 Å². The van der Waals surface area contributed by atoms with E-state index in [0.29, 0.717) is 5.30 Å². The normalized spacial score (nSPS) is 14.8. The first-order chi connectivity index (χ1) is 14.1. The van der Waals surface area contributed by atoms with Crippen LogP contribution >= 0.6 is 7.60 Å². The van der Waals surface area contributed by atoms with E-state index in [2.05, 4.69) is 0 Å². The molecule has 0 aliphatic heterocycles. The quantitative estimate of drug-likeness (QED) is 0.432. The second-order valence-electron chi connectivity index (χ2n) is 7.09. The van der Waals surface area contributed by atoms with Crippen LogP contribution in [0, 0.1) is 0 Å². The first-order valence-corrected chi connectivity index (χ1v) is 11.1. The lowest BCUT2D eigenvalue weighted by molar-refractivity contribution is 0.219. The van der Waals surface area contributed by atoms with Crippen LogP contribution in [0.25, 0.3) is 22.3 Å². The molecular formula is C25H19O3P. The average molecular weight is 398 g/mol. The summed E-state index contributed by atoms with van der Waals surface area (Å²) in [5.74, 6) is 0. The predicted octanol–water partition coefficient (Wildman–Crippen LogP) is 5.95. The highest BCUT2D eigenvalue weighted by molar-refractivity contribution is 7.61. The molecule has 1 aliphatic rings. The van der Waals surface area contributed by atoms with Gasteiger partial charge in [0, 0.05) is 0 Å². The number of rotatable bonds is 4. The van der Waals surface area contributed by atoms with E-state index in [1.54, 1.807) is 12.1 Å². The van der Waals surface area contributed by atoms with Crippen LogP contribution in [0.4, 0.5) is 0 Å². The Morgan fingerprint density at radius 2 is 1.10 bits per heavy atom. The molecule has 1 unspecified atom stereocenters. The summed E-state index contributed by atoms with van der Waals surface area (Å²) >= 11 is 0. The molecule has 1 aliphatic carbocycles. The van der Waals surface area contributed by atoms with Crippen molar-refractivity contribution in [1.82, 2.24) is 0 Å². The van der Waals surface area contributed by atoms with Crippen LogP contribution in [0.2, 0.25) is 0 Å². The van der Waals surface area contributed by atoms with Crippen LogP contribution in [0.5, 0.6) is 0 Å². The van der Waals surface area contributed by atoms with Gasteiger partial charge in [-0.3, -0.25) is 9.09 Å². The van der Waals surface area contributed by atoms with Gasteiger partial charge >= 0.3 is 7.60 Å². The lowest BCUT2D eigenvalue weighted by Gasteiger charge is -2.20. The van der Waals surface area contributed by atoms with Crippen molar-refractivity contribution in [2.45, 2.75) is 6.10 Å². The Labute approximate surface area is 169 Å². The summed E-state index contributed by atoms with van der Waals surface area (Å²) in [6.45, 7) is 0. The first kappa shape index (κ1) is 18.1. The van der Waals surface area contributed by atoms with Gasteiger partial charge in [-0.15, -0.1) is 0 Å². The van der Waals surface area contributed by atoms with Crippen LogP contribution in [-0.2, 0) is 9.09 Å². The fourth-order valence-electron chi connectivity index (χ4n) is 3.90. The zero-order valence-corrected chi connectivity index (χ0v) is 16.5. The molecule has 142 valence electrons. The van der Waals surface area contributed by atoms with Crippen molar-refractivity contribution in [3.8, 4) is 22.3 Å². The van der Waals surface area contributed by atoms with Crippen molar-refractivity contribution in [2.75, 3.05) is 0 Å². The van der Waals surface area contributed by atoms with Crippen molar-refractivity contribution < 1.29 is 14.0 Å². The molecular weight excluding hydrogens is 379 g/mol. The molecule has 0 radical (unpaired) electrons. The van der Waals surface area contributed by atoms with Crippen molar-refractivity contribution in [2.24, 2.45) is 0 Å². The molecule has 0 saturated carbocycles. The Balaban J connectivity index is 1.48. The van der Waals surface area contributed by atoms with Crippen LogP contribution in [0.1, 0.15) is 17.2 Å². The highest BCUT2D eigenvalue weighted by Gasteiger charge is 2.35. The molecule has 4 heteroatoms. The highest BCUT2D eigenvalue weighted by atomic mass is 31.2. The van der Waals surface area contributed by atoms with Gasteiger partial charge in [0.05, 0.1) is 5.30 Å². The van der Waals surface area contributed by atoms with Crippen LogP contribution in [-0.4, -0.2) is 4.89 Å². The van der Waals surface area contributed by atoms with Crippen LogP contribution in [0.3, 0.4) is 0 Å². The maximum atomic E-state index is 13.2. The van der Waals surface area contributed by atoms with Crippen molar-refractivity contribution >= 4 is 12.9 Å². The molecule has 0 bridgehead atoms. The predicted molar refractivity (Wildman–Crippen MR) is 116 cm³/mol. The number of benzene rings is 4. The minimum atomic E-state index is -4.02. The second kappa shape index (κ2) is 7.13. The fourth-order valence-corrected chi connectivity index (χ4v) is 5.06. The van der Waals surface area contributed by atoms with Gasteiger partial charge in [0.25, 0.3) is 0 Å². The van der Waals surface area contributed by atoms with Gasteiger partial charge in [-0.1, -0.05) is 91.0 Å². The standard InChI is InChI=1S/C25H19O3P/c26-29(27,20-16-14-19(15-17-20)18-8-2-1-3-9-18)28-25-23-12-6-4-10-21(23)22-11-5-7-13-24(22)25/h1-17,25H,(H,26,27). The fraction of sp³-hybridized carbons (Fsp3) is 0.0400. The van der Waals surface area contributed by atoms with Crippen molar-refractivity contribution in [1.29, 1.82) is 0 Å². The molecule has 4 aromatic carbocycles.